The Morgan fingerprint density at radius 1 is 1.12 bits per heavy atom. The van der Waals surface area contributed by atoms with Crippen molar-refractivity contribution in [1.82, 2.24) is 0 Å². The minimum Gasteiger partial charge on any atom is -0.378 e. The van der Waals surface area contributed by atoms with Gasteiger partial charge in [-0.2, -0.15) is 0 Å². The van der Waals surface area contributed by atoms with Crippen molar-refractivity contribution in [3.63, 3.8) is 0 Å². The number of benzene rings is 1. The molecule has 0 aliphatic heterocycles. The lowest BCUT2D eigenvalue weighted by Gasteiger charge is -2.24. The van der Waals surface area contributed by atoms with Crippen LogP contribution in [0.15, 0.2) is 18.2 Å². The van der Waals surface area contributed by atoms with E-state index in [1.807, 2.05) is 14.1 Å². The van der Waals surface area contributed by atoms with Crippen LogP contribution in [0.2, 0.25) is 0 Å². The van der Waals surface area contributed by atoms with Crippen molar-refractivity contribution in [2.45, 2.75) is 31.6 Å². The average Bonchev–Trinajstić information content (AvgIpc) is 2.64. The number of ketones is 1. The van der Waals surface area contributed by atoms with Crippen molar-refractivity contribution < 1.29 is 4.79 Å². The van der Waals surface area contributed by atoms with Crippen molar-refractivity contribution >= 4 is 11.5 Å². The fourth-order valence-corrected chi connectivity index (χ4v) is 3.38. The van der Waals surface area contributed by atoms with Gasteiger partial charge in [0.2, 0.25) is 0 Å². The first kappa shape index (κ1) is 10.8. The third-order valence-corrected chi connectivity index (χ3v) is 4.32. The van der Waals surface area contributed by atoms with Gasteiger partial charge in [0.05, 0.1) is 0 Å². The Hall–Kier alpha value is -1.31. The average molecular weight is 229 g/mol. The van der Waals surface area contributed by atoms with Crippen molar-refractivity contribution in [3.05, 3.63) is 29.3 Å². The van der Waals surface area contributed by atoms with Gasteiger partial charge in [-0.05, 0) is 36.5 Å². The molecule has 0 bridgehead atoms. The monoisotopic (exact) mass is 229 g/mol. The standard InChI is InChI=1S/C15H19NO/c1-16(2)10-7-8-12-11-5-3-4-6-13(11)15(17)14(12)9-10/h7-9,11,13H,3-6H2,1-2H3/t11-,13-/m1/s1. The summed E-state index contributed by atoms with van der Waals surface area (Å²) in [6.07, 6.45) is 4.80. The van der Waals surface area contributed by atoms with Crippen LogP contribution in [0.1, 0.15) is 47.5 Å². The molecule has 90 valence electrons. The first-order chi connectivity index (χ1) is 8.18. The summed E-state index contributed by atoms with van der Waals surface area (Å²) in [6, 6.07) is 6.40. The molecule has 2 heteroatoms. The van der Waals surface area contributed by atoms with Crippen LogP contribution in [0, 0.1) is 5.92 Å². The van der Waals surface area contributed by atoms with E-state index >= 15 is 0 Å². The molecule has 0 spiro atoms. The highest BCUT2D eigenvalue weighted by Gasteiger charge is 2.40. The molecule has 1 aromatic rings. The summed E-state index contributed by atoms with van der Waals surface area (Å²) in [4.78, 5) is 14.5. The molecule has 1 aromatic carbocycles. The molecule has 0 amide bonds. The van der Waals surface area contributed by atoms with Gasteiger partial charge in [0.15, 0.2) is 5.78 Å². The molecule has 0 radical (unpaired) electrons. The lowest BCUT2D eigenvalue weighted by atomic mass is 9.79. The van der Waals surface area contributed by atoms with E-state index in [2.05, 4.69) is 23.1 Å². The van der Waals surface area contributed by atoms with E-state index in [1.165, 1.54) is 24.8 Å². The number of hydrogen-bond donors (Lipinski definition) is 0. The zero-order valence-corrected chi connectivity index (χ0v) is 10.6. The van der Waals surface area contributed by atoms with Crippen LogP contribution in [0.3, 0.4) is 0 Å². The minimum atomic E-state index is 0.288. The smallest absolute Gasteiger partial charge is 0.166 e. The number of rotatable bonds is 1. The SMILES string of the molecule is CN(C)c1ccc2c(c1)C(=O)[C@@H]1CCCC[C@H]21. The summed E-state index contributed by atoms with van der Waals surface area (Å²) in [5.41, 5.74) is 3.44. The quantitative estimate of drug-likeness (QED) is 0.737. The minimum absolute atomic E-state index is 0.288. The number of nitrogens with zero attached hydrogens (tertiary/aromatic N) is 1. The first-order valence-corrected chi connectivity index (χ1v) is 6.54. The number of Topliss-reactive ketones (excluding diaryl/α,β-unsaturated/α-hetero) is 1. The van der Waals surface area contributed by atoms with Gasteiger partial charge < -0.3 is 4.90 Å². The number of carbonyl (C=O) groups excluding carboxylic acids is 1. The fraction of sp³-hybridized carbons (Fsp3) is 0.533. The molecule has 1 saturated carbocycles. The van der Waals surface area contributed by atoms with Crippen LogP contribution >= 0.6 is 0 Å². The maximum absolute atomic E-state index is 12.4. The Balaban J connectivity index is 2.05. The zero-order chi connectivity index (χ0) is 12.0. The molecule has 2 nitrogen and oxygen atoms in total. The van der Waals surface area contributed by atoms with Crippen molar-refractivity contribution in [1.29, 1.82) is 0 Å². The van der Waals surface area contributed by atoms with E-state index in [0.717, 1.165) is 17.7 Å². The molecule has 0 unspecified atom stereocenters. The van der Waals surface area contributed by atoms with Crippen LogP contribution in [0.5, 0.6) is 0 Å². The van der Waals surface area contributed by atoms with Crippen molar-refractivity contribution in [2.24, 2.45) is 5.92 Å². The van der Waals surface area contributed by atoms with Crippen LogP contribution in [0.4, 0.5) is 5.69 Å². The van der Waals surface area contributed by atoms with E-state index in [1.54, 1.807) is 0 Å². The molecule has 2 aliphatic rings. The van der Waals surface area contributed by atoms with Crippen LogP contribution in [-0.4, -0.2) is 19.9 Å². The maximum Gasteiger partial charge on any atom is 0.166 e. The van der Waals surface area contributed by atoms with Gasteiger partial charge in [-0.3, -0.25) is 4.79 Å². The second-order valence-electron chi connectivity index (χ2n) is 5.53. The summed E-state index contributed by atoms with van der Waals surface area (Å²) in [5.74, 6) is 1.20. The lowest BCUT2D eigenvalue weighted by molar-refractivity contribution is 0.0898. The molecule has 0 saturated heterocycles. The van der Waals surface area contributed by atoms with E-state index in [0.29, 0.717) is 11.7 Å². The maximum atomic E-state index is 12.4. The Bertz CT molecular complexity index is 464. The number of fused-ring (bicyclic) bond motifs is 3. The first-order valence-electron chi connectivity index (χ1n) is 6.54. The molecular weight excluding hydrogens is 210 g/mol. The molecule has 2 aliphatic carbocycles. The van der Waals surface area contributed by atoms with Crippen LogP contribution in [-0.2, 0) is 0 Å². The zero-order valence-electron chi connectivity index (χ0n) is 10.6. The summed E-state index contributed by atoms with van der Waals surface area (Å²) in [7, 11) is 4.04. The molecule has 0 heterocycles. The lowest BCUT2D eigenvalue weighted by Crippen LogP contribution is -2.17. The Labute approximate surface area is 103 Å². The largest absolute Gasteiger partial charge is 0.378 e. The van der Waals surface area contributed by atoms with Crippen molar-refractivity contribution in [3.8, 4) is 0 Å². The second-order valence-corrected chi connectivity index (χ2v) is 5.53. The Kier molecular flexibility index (Phi) is 2.46. The summed E-state index contributed by atoms with van der Waals surface area (Å²) < 4.78 is 0. The van der Waals surface area contributed by atoms with Crippen molar-refractivity contribution in [2.75, 3.05) is 19.0 Å². The predicted octanol–water partition coefficient (Wildman–Crippen LogP) is 3.22. The topological polar surface area (TPSA) is 20.3 Å². The van der Waals surface area contributed by atoms with Gasteiger partial charge in [0, 0.05) is 31.3 Å². The van der Waals surface area contributed by atoms with Crippen LogP contribution < -0.4 is 4.90 Å². The third-order valence-electron chi connectivity index (χ3n) is 4.32. The number of carbonyl (C=O) groups is 1. The fourth-order valence-electron chi connectivity index (χ4n) is 3.38. The van der Waals surface area contributed by atoms with Gasteiger partial charge in [-0.15, -0.1) is 0 Å². The summed E-state index contributed by atoms with van der Waals surface area (Å²) in [6.45, 7) is 0. The molecule has 2 atom stereocenters. The third kappa shape index (κ3) is 1.58. The molecule has 17 heavy (non-hydrogen) atoms. The van der Waals surface area contributed by atoms with Gasteiger partial charge in [-0.25, -0.2) is 0 Å². The van der Waals surface area contributed by atoms with Gasteiger partial charge in [-0.1, -0.05) is 18.9 Å². The Morgan fingerprint density at radius 3 is 2.53 bits per heavy atom. The predicted molar refractivity (Wildman–Crippen MR) is 69.8 cm³/mol. The van der Waals surface area contributed by atoms with Crippen LogP contribution in [0.25, 0.3) is 0 Å². The normalized spacial score (nSPS) is 26.6. The van der Waals surface area contributed by atoms with Gasteiger partial charge in [0.1, 0.15) is 0 Å². The summed E-state index contributed by atoms with van der Waals surface area (Å²) >= 11 is 0. The molecule has 0 N–H and O–H groups in total. The highest BCUT2D eigenvalue weighted by molar-refractivity contribution is 6.04. The number of anilines is 1. The second kappa shape index (κ2) is 3.86. The molecule has 3 rings (SSSR count). The van der Waals surface area contributed by atoms with E-state index in [-0.39, 0.29) is 5.92 Å². The molecular formula is C15H19NO. The molecule has 0 aromatic heterocycles. The van der Waals surface area contributed by atoms with E-state index in [9.17, 15) is 4.79 Å². The van der Waals surface area contributed by atoms with Gasteiger partial charge in [0.25, 0.3) is 0 Å². The summed E-state index contributed by atoms with van der Waals surface area (Å²) in [5, 5.41) is 0. The number of hydrogen-bond acceptors (Lipinski definition) is 2. The molecule has 1 fully saturated rings. The van der Waals surface area contributed by atoms with E-state index < -0.39 is 0 Å². The highest BCUT2D eigenvalue weighted by atomic mass is 16.1. The highest BCUT2D eigenvalue weighted by Crippen LogP contribution is 2.47. The Morgan fingerprint density at radius 2 is 1.82 bits per heavy atom. The van der Waals surface area contributed by atoms with E-state index in [4.69, 9.17) is 0 Å². The van der Waals surface area contributed by atoms with Gasteiger partial charge >= 0.3 is 0 Å².